The van der Waals surface area contributed by atoms with Crippen LogP contribution in [-0.2, 0) is 19.1 Å². The molecule has 0 spiro atoms. The van der Waals surface area contributed by atoms with E-state index in [1.54, 1.807) is 6.08 Å². The molecule has 0 aromatic rings. The van der Waals surface area contributed by atoms with Gasteiger partial charge in [-0.05, 0) is 43.4 Å². The quantitative estimate of drug-likeness (QED) is 0.589. The van der Waals surface area contributed by atoms with Crippen LogP contribution in [0.15, 0.2) is 12.7 Å². The molecule has 3 aliphatic rings. The predicted octanol–water partition coefficient (Wildman–Crippen LogP) is 3.43. The highest BCUT2D eigenvalue weighted by Gasteiger charge is 2.71. The van der Waals surface area contributed by atoms with Crippen molar-refractivity contribution in [3.8, 4) is 0 Å². The number of fused-ring (bicyclic) bond motifs is 3. The minimum absolute atomic E-state index is 0.111. The Kier molecular flexibility index (Phi) is 4.68. The van der Waals surface area contributed by atoms with Gasteiger partial charge in [-0.25, -0.2) is 0 Å². The Morgan fingerprint density at radius 3 is 2.44 bits per heavy atom. The van der Waals surface area contributed by atoms with E-state index >= 15 is 0 Å². The van der Waals surface area contributed by atoms with Crippen molar-refractivity contribution in [2.45, 2.75) is 90.6 Å². The third-order valence-electron chi connectivity index (χ3n) is 7.56. The smallest absolute Gasteiger partial charge is 0.303 e. The van der Waals surface area contributed by atoms with Crippen LogP contribution in [0.1, 0.15) is 67.2 Å². The van der Waals surface area contributed by atoms with Crippen LogP contribution < -0.4 is 0 Å². The Labute approximate surface area is 162 Å². The van der Waals surface area contributed by atoms with Gasteiger partial charge in [0.1, 0.15) is 11.4 Å². The van der Waals surface area contributed by atoms with Crippen molar-refractivity contribution in [1.82, 2.24) is 0 Å². The summed E-state index contributed by atoms with van der Waals surface area (Å²) in [5.41, 5.74) is -2.51. The maximum Gasteiger partial charge on any atom is 0.303 e. The highest BCUT2D eigenvalue weighted by atomic mass is 16.6. The molecule has 3 fully saturated rings. The van der Waals surface area contributed by atoms with Gasteiger partial charge in [0.15, 0.2) is 6.10 Å². The molecule has 0 aromatic carbocycles. The van der Waals surface area contributed by atoms with E-state index in [0.717, 1.165) is 19.3 Å². The van der Waals surface area contributed by atoms with Gasteiger partial charge in [-0.1, -0.05) is 33.3 Å². The highest BCUT2D eigenvalue weighted by Crippen LogP contribution is 2.65. The topological polar surface area (TPSA) is 72.8 Å². The van der Waals surface area contributed by atoms with Crippen molar-refractivity contribution >= 4 is 11.8 Å². The largest absolute Gasteiger partial charge is 0.457 e. The van der Waals surface area contributed by atoms with Crippen molar-refractivity contribution in [3.63, 3.8) is 0 Å². The zero-order valence-corrected chi connectivity index (χ0v) is 17.5. The molecule has 2 saturated carbocycles. The van der Waals surface area contributed by atoms with Gasteiger partial charge < -0.3 is 14.6 Å². The lowest BCUT2D eigenvalue weighted by Crippen LogP contribution is -2.75. The lowest BCUT2D eigenvalue weighted by Gasteiger charge is -2.67. The van der Waals surface area contributed by atoms with Gasteiger partial charge in [0, 0.05) is 13.3 Å². The summed E-state index contributed by atoms with van der Waals surface area (Å²) in [6, 6.07) is 0. The summed E-state index contributed by atoms with van der Waals surface area (Å²) in [4.78, 5) is 25.4. The van der Waals surface area contributed by atoms with Crippen molar-refractivity contribution < 1.29 is 24.2 Å². The van der Waals surface area contributed by atoms with E-state index in [-0.39, 0.29) is 23.5 Å². The zero-order valence-electron chi connectivity index (χ0n) is 17.5. The summed E-state index contributed by atoms with van der Waals surface area (Å²) in [5.74, 6) is -0.948. The van der Waals surface area contributed by atoms with Crippen LogP contribution in [0.25, 0.3) is 0 Å². The molecule has 1 saturated heterocycles. The first-order valence-electron chi connectivity index (χ1n) is 10.0. The molecule has 0 radical (unpaired) electrons. The molecule has 0 amide bonds. The molecule has 27 heavy (non-hydrogen) atoms. The number of aliphatic hydroxyl groups is 1. The molecule has 0 aromatic heterocycles. The maximum absolute atomic E-state index is 13.5. The second kappa shape index (κ2) is 6.15. The van der Waals surface area contributed by atoms with Gasteiger partial charge in [0.2, 0.25) is 0 Å². The van der Waals surface area contributed by atoms with E-state index in [1.165, 1.54) is 6.92 Å². The van der Waals surface area contributed by atoms with Gasteiger partial charge in [-0.15, -0.1) is 6.58 Å². The number of rotatable bonds is 2. The standard InChI is InChI=1S/C22H34O5/c1-8-20(5)12-14(24)16-21(6)11-9-10-19(3,4)17(21)15(25)18(26-13(2)23)22(16,7)27-20/h8,15-18,25H,1,9-12H2,2-7H3/t15-,16?,17?,18-,20-,21+,22-/m0/s1. The van der Waals surface area contributed by atoms with Crippen LogP contribution in [-0.4, -0.2) is 40.3 Å². The number of hydrogen-bond donors (Lipinski definition) is 1. The van der Waals surface area contributed by atoms with Gasteiger partial charge in [-0.3, -0.25) is 9.59 Å². The molecular formula is C22H34O5. The molecule has 0 bridgehead atoms. The normalized spacial score (nSPS) is 48.9. The third-order valence-corrected chi connectivity index (χ3v) is 7.56. The number of ketones is 1. The molecule has 3 rings (SSSR count). The first kappa shape index (κ1) is 20.5. The van der Waals surface area contributed by atoms with Crippen LogP contribution in [0.4, 0.5) is 0 Å². The van der Waals surface area contributed by atoms with Crippen molar-refractivity contribution in [1.29, 1.82) is 0 Å². The van der Waals surface area contributed by atoms with E-state index in [9.17, 15) is 14.7 Å². The van der Waals surface area contributed by atoms with E-state index in [2.05, 4.69) is 27.4 Å². The summed E-state index contributed by atoms with van der Waals surface area (Å²) in [6.07, 6.45) is 2.94. The average molecular weight is 379 g/mol. The number of aliphatic hydroxyl groups excluding tert-OH is 1. The van der Waals surface area contributed by atoms with Gasteiger partial charge in [0.25, 0.3) is 0 Å². The molecule has 1 heterocycles. The number of ether oxygens (including phenoxy) is 2. The van der Waals surface area contributed by atoms with Crippen LogP contribution in [0, 0.1) is 22.7 Å². The van der Waals surface area contributed by atoms with Gasteiger partial charge in [-0.2, -0.15) is 0 Å². The second-order valence-corrected chi connectivity index (χ2v) is 10.2. The number of esters is 1. The zero-order chi connectivity index (χ0) is 20.4. The lowest BCUT2D eigenvalue weighted by atomic mass is 9.42. The number of hydrogen-bond acceptors (Lipinski definition) is 5. The summed E-state index contributed by atoms with van der Waals surface area (Å²) in [7, 11) is 0. The number of carbonyl (C=O) groups excluding carboxylic acids is 2. The van der Waals surface area contributed by atoms with Crippen LogP contribution >= 0.6 is 0 Å². The molecule has 2 aliphatic carbocycles. The summed E-state index contributed by atoms with van der Waals surface area (Å²) >= 11 is 0. The van der Waals surface area contributed by atoms with Crippen molar-refractivity contribution in [3.05, 3.63) is 12.7 Å². The van der Waals surface area contributed by atoms with E-state index in [1.807, 2.05) is 13.8 Å². The molecular weight excluding hydrogens is 344 g/mol. The molecule has 152 valence electrons. The fraction of sp³-hybridized carbons (Fsp3) is 0.818. The Hall–Kier alpha value is -1.20. The van der Waals surface area contributed by atoms with E-state index in [0.29, 0.717) is 0 Å². The fourth-order valence-electron chi connectivity index (χ4n) is 6.91. The summed E-state index contributed by atoms with van der Waals surface area (Å²) in [5, 5.41) is 11.5. The molecule has 5 nitrogen and oxygen atoms in total. The SMILES string of the molecule is C=C[C@@]1(C)CC(=O)C2[C@@]3(C)CCCC(C)(C)C3[C@H](O)[C@H](OC(C)=O)[C@@]2(C)O1. The number of Topliss-reactive ketones (excluding diaryl/α,β-unsaturated/α-hetero) is 1. The molecule has 5 heteroatoms. The maximum atomic E-state index is 13.5. The van der Waals surface area contributed by atoms with Crippen LogP contribution in [0.3, 0.4) is 0 Å². The number of carbonyl (C=O) groups is 2. The molecule has 7 atom stereocenters. The summed E-state index contributed by atoms with van der Waals surface area (Å²) < 4.78 is 12.1. The first-order chi connectivity index (χ1) is 12.3. The van der Waals surface area contributed by atoms with E-state index in [4.69, 9.17) is 9.47 Å². The second-order valence-electron chi connectivity index (χ2n) is 10.2. The van der Waals surface area contributed by atoms with Gasteiger partial charge in [0.05, 0.1) is 17.6 Å². The third kappa shape index (κ3) is 2.89. The molecule has 1 N–H and O–H groups in total. The van der Waals surface area contributed by atoms with E-state index < -0.39 is 40.7 Å². The first-order valence-corrected chi connectivity index (χ1v) is 10.0. The van der Waals surface area contributed by atoms with Crippen LogP contribution in [0.5, 0.6) is 0 Å². The average Bonchev–Trinajstić information content (AvgIpc) is 2.49. The Morgan fingerprint density at radius 2 is 1.89 bits per heavy atom. The Balaban J connectivity index is 2.20. The van der Waals surface area contributed by atoms with Crippen molar-refractivity contribution in [2.75, 3.05) is 0 Å². The predicted molar refractivity (Wildman–Crippen MR) is 102 cm³/mol. The molecule has 1 aliphatic heterocycles. The van der Waals surface area contributed by atoms with Gasteiger partial charge >= 0.3 is 5.97 Å². The fourth-order valence-corrected chi connectivity index (χ4v) is 6.91. The lowest BCUT2D eigenvalue weighted by molar-refractivity contribution is -0.307. The minimum Gasteiger partial charge on any atom is -0.457 e. The minimum atomic E-state index is -1.10. The monoisotopic (exact) mass is 378 g/mol. The van der Waals surface area contributed by atoms with Crippen LogP contribution in [0.2, 0.25) is 0 Å². The van der Waals surface area contributed by atoms with Crippen molar-refractivity contribution in [2.24, 2.45) is 22.7 Å². The Bertz CT molecular complexity index is 670. The summed E-state index contributed by atoms with van der Waals surface area (Å²) in [6.45, 7) is 15.2. The Morgan fingerprint density at radius 1 is 1.26 bits per heavy atom. The highest BCUT2D eigenvalue weighted by molar-refractivity contribution is 5.86. The molecule has 2 unspecified atom stereocenters.